The zero-order chi connectivity index (χ0) is 15.1. The van der Waals surface area contributed by atoms with Gasteiger partial charge < -0.3 is 10.2 Å². The maximum atomic E-state index is 12.7. The lowest BCUT2D eigenvalue weighted by molar-refractivity contribution is -0.136. The molecule has 1 aromatic rings. The highest BCUT2D eigenvalue weighted by Gasteiger charge is 2.47. The summed E-state index contributed by atoms with van der Waals surface area (Å²) in [6.45, 7) is 5.91. The van der Waals surface area contributed by atoms with Gasteiger partial charge >= 0.3 is 0 Å². The normalized spacial score (nSPS) is 30.6. The molecular formula is C16H21Cl3N2O. The largest absolute Gasteiger partial charge is 0.337 e. The summed E-state index contributed by atoms with van der Waals surface area (Å²) in [6, 6.07) is 6.17. The van der Waals surface area contributed by atoms with Crippen molar-refractivity contribution in [3.8, 4) is 0 Å². The molecule has 22 heavy (non-hydrogen) atoms. The molecule has 4 atom stereocenters. The first kappa shape index (κ1) is 17.9. The topological polar surface area (TPSA) is 32.3 Å². The number of piperazine rings is 1. The Bertz CT molecular complexity index is 546. The van der Waals surface area contributed by atoms with Gasteiger partial charge in [-0.25, -0.2) is 0 Å². The highest BCUT2D eigenvalue weighted by Crippen LogP contribution is 2.49. The molecule has 1 saturated carbocycles. The van der Waals surface area contributed by atoms with E-state index in [0.29, 0.717) is 16.1 Å². The van der Waals surface area contributed by atoms with E-state index in [1.165, 1.54) is 0 Å². The van der Waals surface area contributed by atoms with E-state index in [1.807, 2.05) is 17.0 Å². The van der Waals surface area contributed by atoms with Crippen molar-refractivity contribution < 1.29 is 4.79 Å². The number of nitrogens with zero attached hydrogens (tertiary/aromatic N) is 1. The molecule has 3 rings (SSSR count). The Kier molecular flexibility index (Phi) is 5.65. The van der Waals surface area contributed by atoms with E-state index in [2.05, 4.69) is 19.2 Å². The van der Waals surface area contributed by atoms with E-state index in [1.54, 1.807) is 6.07 Å². The van der Waals surface area contributed by atoms with Crippen LogP contribution >= 0.6 is 35.6 Å². The molecule has 122 valence electrons. The summed E-state index contributed by atoms with van der Waals surface area (Å²) < 4.78 is 0. The van der Waals surface area contributed by atoms with Crippen molar-refractivity contribution >= 4 is 41.5 Å². The molecule has 2 aliphatic rings. The SMILES string of the molecule is CC1NCCN(C(=O)C2CC2c2cc(Cl)cc(Cl)c2)C1C.Cl. The average molecular weight is 364 g/mol. The van der Waals surface area contributed by atoms with Gasteiger partial charge in [0.15, 0.2) is 0 Å². The number of carbonyl (C=O) groups is 1. The minimum atomic E-state index is 0. The van der Waals surface area contributed by atoms with Crippen LogP contribution in [-0.2, 0) is 4.79 Å². The summed E-state index contributed by atoms with van der Waals surface area (Å²) in [7, 11) is 0. The Balaban J connectivity index is 0.00000176. The first-order valence-electron chi connectivity index (χ1n) is 7.47. The molecule has 1 aliphatic carbocycles. The summed E-state index contributed by atoms with van der Waals surface area (Å²) in [6.07, 6.45) is 0.903. The second-order valence-electron chi connectivity index (χ2n) is 6.17. The summed E-state index contributed by atoms with van der Waals surface area (Å²) in [5.41, 5.74) is 1.08. The van der Waals surface area contributed by atoms with E-state index in [0.717, 1.165) is 25.1 Å². The minimum Gasteiger partial charge on any atom is -0.337 e. The molecule has 1 amide bonds. The van der Waals surface area contributed by atoms with E-state index >= 15 is 0 Å². The molecule has 0 aromatic heterocycles. The van der Waals surface area contributed by atoms with E-state index < -0.39 is 0 Å². The van der Waals surface area contributed by atoms with Crippen molar-refractivity contribution in [3.63, 3.8) is 0 Å². The summed E-state index contributed by atoms with van der Waals surface area (Å²) in [5, 5.41) is 4.68. The van der Waals surface area contributed by atoms with Crippen LogP contribution in [-0.4, -0.2) is 36.0 Å². The van der Waals surface area contributed by atoms with Crippen LogP contribution in [0.25, 0.3) is 0 Å². The van der Waals surface area contributed by atoms with Crippen molar-refractivity contribution in [2.45, 2.75) is 38.3 Å². The molecule has 4 unspecified atom stereocenters. The molecule has 0 bridgehead atoms. The summed E-state index contributed by atoms with van der Waals surface area (Å²) >= 11 is 12.1. The number of benzene rings is 1. The number of nitrogens with one attached hydrogen (secondary N) is 1. The zero-order valence-corrected chi connectivity index (χ0v) is 15.0. The third-order valence-corrected chi connectivity index (χ3v) is 5.17. The standard InChI is InChI=1S/C16H20Cl2N2O.ClH/c1-9-10(2)20(4-3-19-9)16(21)15-8-14(15)11-5-12(17)7-13(18)6-11;/h5-7,9-10,14-15,19H,3-4,8H2,1-2H3;1H. The van der Waals surface area contributed by atoms with Crippen molar-refractivity contribution in [1.29, 1.82) is 0 Å². The molecule has 2 fully saturated rings. The first-order chi connectivity index (χ1) is 9.97. The Labute approximate surface area is 147 Å². The molecule has 1 aliphatic heterocycles. The molecule has 1 saturated heterocycles. The quantitative estimate of drug-likeness (QED) is 0.868. The number of halogens is 3. The minimum absolute atomic E-state index is 0. The predicted molar refractivity (Wildman–Crippen MR) is 93.2 cm³/mol. The fourth-order valence-electron chi connectivity index (χ4n) is 3.21. The van der Waals surface area contributed by atoms with Crippen molar-refractivity contribution in [1.82, 2.24) is 10.2 Å². The number of rotatable bonds is 2. The average Bonchev–Trinajstić information content (AvgIpc) is 3.20. The highest BCUT2D eigenvalue weighted by atomic mass is 35.5. The monoisotopic (exact) mass is 362 g/mol. The molecule has 1 heterocycles. The van der Waals surface area contributed by atoms with Gasteiger partial charge in [-0.1, -0.05) is 23.2 Å². The van der Waals surface area contributed by atoms with E-state index in [9.17, 15) is 4.79 Å². The Morgan fingerprint density at radius 1 is 1.23 bits per heavy atom. The van der Waals surface area contributed by atoms with Gasteiger partial charge in [-0.15, -0.1) is 12.4 Å². The van der Waals surface area contributed by atoms with Crippen molar-refractivity contribution in [3.05, 3.63) is 33.8 Å². The summed E-state index contributed by atoms with van der Waals surface area (Å²) in [5.74, 6) is 0.635. The number of hydrogen-bond acceptors (Lipinski definition) is 2. The maximum absolute atomic E-state index is 12.7. The van der Waals surface area contributed by atoms with Crippen molar-refractivity contribution in [2.24, 2.45) is 5.92 Å². The van der Waals surface area contributed by atoms with Gasteiger partial charge in [-0.05, 0) is 49.9 Å². The fourth-order valence-corrected chi connectivity index (χ4v) is 3.75. The van der Waals surface area contributed by atoms with Gasteiger partial charge in [-0.2, -0.15) is 0 Å². The Hall–Kier alpha value is -0.480. The van der Waals surface area contributed by atoms with Gasteiger partial charge in [0.1, 0.15) is 0 Å². The number of hydrogen-bond donors (Lipinski definition) is 1. The van der Waals surface area contributed by atoms with Crippen LogP contribution in [0.4, 0.5) is 0 Å². The van der Waals surface area contributed by atoms with Crippen LogP contribution in [0.5, 0.6) is 0 Å². The molecule has 6 heteroatoms. The van der Waals surface area contributed by atoms with Crippen LogP contribution in [0.1, 0.15) is 31.7 Å². The van der Waals surface area contributed by atoms with Gasteiger partial charge in [0.05, 0.1) is 0 Å². The lowest BCUT2D eigenvalue weighted by Gasteiger charge is -2.38. The maximum Gasteiger partial charge on any atom is 0.226 e. The van der Waals surface area contributed by atoms with Crippen LogP contribution in [0.15, 0.2) is 18.2 Å². The molecule has 0 radical (unpaired) electrons. The van der Waals surface area contributed by atoms with Crippen molar-refractivity contribution in [2.75, 3.05) is 13.1 Å². The van der Waals surface area contributed by atoms with Gasteiger partial charge in [0, 0.05) is 41.1 Å². The first-order valence-corrected chi connectivity index (χ1v) is 8.23. The van der Waals surface area contributed by atoms with Gasteiger partial charge in [-0.3, -0.25) is 4.79 Å². The summed E-state index contributed by atoms with van der Waals surface area (Å²) in [4.78, 5) is 14.7. The third-order valence-electron chi connectivity index (χ3n) is 4.74. The van der Waals surface area contributed by atoms with E-state index in [-0.39, 0.29) is 36.2 Å². The molecule has 3 nitrogen and oxygen atoms in total. The third kappa shape index (κ3) is 3.53. The van der Waals surface area contributed by atoms with E-state index in [4.69, 9.17) is 23.2 Å². The Morgan fingerprint density at radius 3 is 2.50 bits per heavy atom. The molecule has 1 N–H and O–H groups in total. The zero-order valence-electron chi connectivity index (χ0n) is 12.7. The van der Waals surface area contributed by atoms with Crippen LogP contribution in [0, 0.1) is 5.92 Å². The smallest absolute Gasteiger partial charge is 0.226 e. The lowest BCUT2D eigenvalue weighted by atomic mass is 10.0. The molecule has 1 aromatic carbocycles. The molecular weight excluding hydrogens is 343 g/mol. The number of amides is 1. The van der Waals surface area contributed by atoms with Crippen LogP contribution in [0.2, 0.25) is 10.0 Å². The van der Waals surface area contributed by atoms with Crippen LogP contribution < -0.4 is 5.32 Å². The van der Waals surface area contributed by atoms with Gasteiger partial charge in [0.2, 0.25) is 5.91 Å². The second-order valence-corrected chi connectivity index (χ2v) is 7.04. The predicted octanol–water partition coefficient (Wildman–Crippen LogP) is 3.73. The molecule has 0 spiro atoms. The lowest BCUT2D eigenvalue weighted by Crippen LogP contribution is -2.57. The second kappa shape index (κ2) is 6.96. The Morgan fingerprint density at radius 2 is 1.86 bits per heavy atom. The number of carbonyl (C=O) groups excluding carboxylic acids is 1. The fraction of sp³-hybridized carbons (Fsp3) is 0.562. The highest BCUT2D eigenvalue weighted by molar-refractivity contribution is 6.34. The van der Waals surface area contributed by atoms with Crippen LogP contribution in [0.3, 0.4) is 0 Å². The van der Waals surface area contributed by atoms with Gasteiger partial charge in [0.25, 0.3) is 0 Å².